The summed E-state index contributed by atoms with van der Waals surface area (Å²) >= 11 is 0. The second-order valence-electron chi connectivity index (χ2n) is 1.87. The molecular formula is C8H10N2. The summed E-state index contributed by atoms with van der Waals surface area (Å²) in [6, 6.07) is 1.94. The maximum Gasteiger partial charge on any atom is 0.136 e. The highest BCUT2D eigenvalue weighted by Crippen LogP contribution is 2.16. The van der Waals surface area contributed by atoms with Crippen LogP contribution in [-0.2, 0) is 0 Å². The smallest absolute Gasteiger partial charge is 0.136 e. The van der Waals surface area contributed by atoms with Crippen LogP contribution in [0.1, 0.15) is 12.5 Å². The first-order valence-corrected chi connectivity index (χ1v) is 3.17. The number of hydrogen-bond donors (Lipinski definition) is 1. The molecule has 1 aromatic rings. The fourth-order valence-electron chi connectivity index (χ4n) is 0.778. The van der Waals surface area contributed by atoms with Gasteiger partial charge in [0.25, 0.3) is 0 Å². The van der Waals surface area contributed by atoms with Gasteiger partial charge < -0.3 is 4.98 Å². The van der Waals surface area contributed by atoms with Crippen molar-refractivity contribution in [1.82, 2.24) is 4.98 Å². The Hall–Kier alpha value is -1.31. The van der Waals surface area contributed by atoms with E-state index in [-0.39, 0.29) is 0 Å². The van der Waals surface area contributed by atoms with Gasteiger partial charge in [-0.1, -0.05) is 12.7 Å². The lowest BCUT2D eigenvalue weighted by Crippen LogP contribution is -1.66. The zero-order valence-electron chi connectivity index (χ0n) is 5.96. The van der Waals surface area contributed by atoms with Gasteiger partial charge >= 0.3 is 0 Å². The summed E-state index contributed by atoms with van der Waals surface area (Å²) in [4.78, 5) is 7.07. The molecule has 0 atom stereocenters. The first-order chi connectivity index (χ1) is 4.88. The molecule has 2 nitrogen and oxygen atoms in total. The molecule has 1 heterocycles. The quantitative estimate of drug-likeness (QED) is 0.601. The number of H-pyrrole nitrogens is 1. The van der Waals surface area contributed by atoms with E-state index in [0.29, 0.717) is 0 Å². The summed E-state index contributed by atoms with van der Waals surface area (Å²) in [6.45, 7) is 5.53. The van der Waals surface area contributed by atoms with Crippen molar-refractivity contribution < 1.29 is 0 Å². The van der Waals surface area contributed by atoms with Gasteiger partial charge in [-0.2, -0.15) is 0 Å². The van der Waals surface area contributed by atoms with Crippen molar-refractivity contribution in [3.63, 3.8) is 0 Å². The van der Waals surface area contributed by atoms with Crippen LogP contribution in [0.15, 0.2) is 23.8 Å². The topological polar surface area (TPSA) is 28.1 Å². The number of aromatic nitrogens is 1. The average Bonchev–Trinajstić information content (AvgIpc) is 2.36. The molecule has 0 saturated heterocycles. The lowest BCUT2D eigenvalue weighted by molar-refractivity contribution is 1.34. The van der Waals surface area contributed by atoms with Crippen LogP contribution in [-0.4, -0.2) is 11.2 Å². The number of aliphatic imine (C=N–C) groups is 1. The van der Waals surface area contributed by atoms with Crippen LogP contribution >= 0.6 is 0 Å². The minimum atomic E-state index is 0.873. The van der Waals surface area contributed by atoms with Crippen molar-refractivity contribution in [1.29, 1.82) is 0 Å². The number of hydrogen-bond acceptors (Lipinski definition) is 1. The maximum absolute atomic E-state index is 4.09. The van der Waals surface area contributed by atoms with Crippen molar-refractivity contribution in [2.24, 2.45) is 4.99 Å². The van der Waals surface area contributed by atoms with Gasteiger partial charge in [-0.15, -0.1) is 0 Å². The number of nitrogens with one attached hydrogen (secondary N) is 1. The molecule has 0 aliphatic carbocycles. The van der Waals surface area contributed by atoms with Gasteiger partial charge in [0.15, 0.2) is 0 Å². The van der Waals surface area contributed by atoms with Crippen LogP contribution in [0.3, 0.4) is 0 Å². The molecule has 0 bridgehead atoms. The van der Waals surface area contributed by atoms with Gasteiger partial charge in [0.2, 0.25) is 0 Å². The molecule has 0 fully saturated rings. The standard InChI is InChI=1S/C8H10N2/c1-3-7-5-6-10-8(7)9-4-2/h3-6,10H,1H2,2H3/b9-4-. The molecule has 52 valence electrons. The Morgan fingerprint density at radius 2 is 2.50 bits per heavy atom. The molecule has 0 radical (unpaired) electrons. The molecule has 0 aliphatic heterocycles. The minimum absolute atomic E-state index is 0.873. The highest BCUT2D eigenvalue weighted by molar-refractivity contribution is 5.66. The van der Waals surface area contributed by atoms with Crippen molar-refractivity contribution >= 4 is 18.1 Å². The summed E-state index contributed by atoms with van der Waals surface area (Å²) in [7, 11) is 0. The van der Waals surface area contributed by atoms with Gasteiger partial charge in [0.1, 0.15) is 5.82 Å². The highest BCUT2D eigenvalue weighted by Gasteiger charge is 1.93. The van der Waals surface area contributed by atoms with Gasteiger partial charge in [0, 0.05) is 18.0 Å². The Kier molecular flexibility index (Phi) is 2.05. The first kappa shape index (κ1) is 6.81. The van der Waals surface area contributed by atoms with Crippen molar-refractivity contribution in [2.45, 2.75) is 6.92 Å². The third kappa shape index (κ3) is 1.16. The van der Waals surface area contributed by atoms with Gasteiger partial charge in [-0.05, 0) is 13.0 Å². The zero-order chi connectivity index (χ0) is 7.40. The molecule has 0 saturated carbocycles. The zero-order valence-corrected chi connectivity index (χ0v) is 5.96. The summed E-state index contributed by atoms with van der Waals surface area (Å²) in [5, 5.41) is 0. The molecule has 0 aromatic carbocycles. The predicted molar refractivity (Wildman–Crippen MR) is 44.7 cm³/mol. The van der Waals surface area contributed by atoms with E-state index in [0.717, 1.165) is 11.4 Å². The monoisotopic (exact) mass is 134 g/mol. The second kappa shape index (κ2) is 3.01. The van der Waals surface area contributed by atoms with Gasteiger partial charge in [0.05, 0.1) is 0 Å². The molecule has 1 N–H and O–H groups in total. The molecule has 0 spiro atoms. The lowest BCUT2D eigenvalue weighted by Gasteiger charge is -1.87. The van der Waals surface area contributed by atoms with E-state index >= 15 is 0 Å². The summed E-state index contributed by atoms with van der Waals surface area (Å²) in [6.07, 6.45) is 5.37. The summed E-state index contributed by atoms with van der Waals surface area (Å²) in [5.74, 6) is 0.873. The van der Waals surface area contributed by atoms with E-state index in [1.165, 1.54) is 0 Å². The van der Waals surface area contributed by atoms with Crippen molar-refractivity contribution in [3.05, 3.63) is 24.4 Å². The molecule has 10 heavy (non-hydrogen) atoms. The van der Waals surface area contributed by atoms with Gasteiger partial charge in [-0.25, -0.2) is 4.99 Å². The van der Waals surface area contributed by atoms with Crippen molar-refractivity contribution in [3.8, 4) is 0 Å². The maximum atomic E-state index is 4.09. The van der Waals surface area contributed by atoms with E-state index in [4.69, 9.17) is 0 Å². The van der Waals surface area contributed by atoms with E-state index in [2.05, 4.69) is 16.6 Å². The molecular weight excluding hydrogens is 124 g/mol. The molecule has 1 rings (SSSR count). The lowest BCUT2D eigenvalue weighted by atomic mass is 10.3. The fourth-order valence-corrected chi connectivity index (χ4v) is 0.778. The van der Waals surface area contributed by atoms with E-state index in [9.17, 15) is 0 Å². The Bertz CT molecular complexity index is 246. The number of nitrogens with zero attached hydrogens (tertiary/aromatic N) is 1. The van der Waals surface area contributed by atoms with Crippen molar-refractivity contribution in [2.75, 3.05) is 0 Å². The number of aromatic amines is 1. The number of rotatable bonds is 2. The van der Waals surface area contributed by atoms with Gasteiger partial charge in [-0.3, -0.25) is 0 Å². The van der Waals surface area contributed by atoms with Crippen LogP contribution in [0.2, 0.25) is 0 Å². The Labute approximate surface area is 60.3 Å². The second-order valence-corrected chi connectivity index (χ2v) is 1.87. The van der Waals surface area contributed by atoms with Crippen LogP contribution in [0.25, 0.3) is 6.08 Å². The minimum Gasteiger partial charge on any atom is -0.346 e. The molecule has 1 aromatic heterocycles. The van der Waals surface area contributed by atoms with E-state index < -0.39 is 0 Å². The van der Waals surface area contributed by atoms with Crippen LogP contribution in [0.4, 0.5) is 5.82 Å². The third-order valence-electron chi connectivity index (χ3n) is 1.23. The van der Waals surface area contributed by atoms with E-state index in [1.54, 1.807) is 12.3 Å². The summed E-state index contributed by atoms with van der Waals surface area (Å²) < 4.78 is 0. The average molecular weight is 134 g/mol. The summed E-state index contributed by atoms with van der Waals surface area (Å²) in [5.41, 5.74) is 1.04. The molecule has 0 unspecified atom stereocenters. The van der Waals surface area contributed by atoms with E-state index in [1.807, 2.05) is 19.2 Å². The normalized spacial score (nSPS) is 10.5. The third-order valence-corrected chi connectivity index (χ3v) is 1.23. The van der Waals surface area contributed by atoms with Crippen LogP contribution < -0.4 is 0 Å². The Morgan fingerprint density at radius 1 is 1.70 bits per heavy atom. The largest absolute Gasteiger partial charge is 0.346 e. The van der Waals surface area contributed by atoms with Crippen LogP contribution in [0.5, 0.6) is 0 Å². The first-order valence-electron chi connectivity index (χ1n) is 3.17. The SMILES string of the molecule is C=Cc1cc[nH]c1/N=C\C. The Morgan fingerprint density at radius 3 is 3.10 bits per heavy atom. The predicted octanol–water partition coefficient (Wildman–Crippen LogP) is 2.38. The molecule has 2 heteroatoms. The van der Waals surface area contributed by atoms with Crippen LogP contribution in [0, 0.1) is 0 Å². The molecule has 0 amide bonds. The fraction of sp³-hybridized carbons (Fsp3) is 0.125. The highest BCUT2D eigenvalue weighted by atomic mass is 14.9. The Balaban J connectivity index is 3.00. The molecule has 0 aliphatic rings.